The molecule has 19 heavy (non-hydrogen) atoms. The molecule has 0 radical (unpaired) electrons. The Kier molecular flexibility index (Phi) is 3.57. The second-order valence-electron chi connectivity index (χ2n) is 4.35. The lowest BCUT2D eigenvalue weighted by Crippen LogP contribution is -2.03. The molecule has 0 saturated heterocycles. The SMILES string of the molecule is CC(C)c1onc(-c2ccc(Cl)cc2F)c1C(=O)O. The molecule has 1 aromatic heterocycles. The van der Waals surface area contributed by atoms with Crippen molar-refractivity contribution in [2.45, 2.75) is 19.8 Å². The van der Waals surface area contributed by atoms with Gasteiger partial charge in [-0.25, -0.2) is 9.18 Å². The third-order valence-electron chi connectivity index (χ3n) is 2.64. The summed E-state index contributed by atoms with van der Waals surface area (Å²) in [6.45, 7) is 3.55. The molecule has 0 bridgehead atoms. The van der Waals surface area contributed by atoms with Gasteiger partial charge in [-0.2, -0.15) is 0 Å². The highest BCUT2D eigenvalue weighted by molar-refractivity contribution is 6.30. The van der Waals surface area contributed by atoms with Crippen LogP contribution in [0.1, 0.15) is 35.9 Å². The summed E-state index contributed by atoms with van der Waals surface area (Å²) in [6.07, 6.45) is 0. The molecule has 0 aliphatic heterocycles. The summed E-state index contributed by atoms with van der Waals surface area (Å²) < 4.78 is 18.9. The van der Waals surface area contributed by atoms with Gasteiger partial charge in [0.1, 0.15) is 17.1 Å². The Hall–Kier alpha value is -1.88. The molecule has 0 unspecified atom stereocenters. The molecule has 0 saturated carbocycles. The fraction of sp³-hybridized carbons (Fsp3) is 0.231. The third-order valence-corrected chi connectivity index (χ3v) is 2.88. The molecule has 1 aromatic carbocycles. The summed E-state index contributed by atoms with van der Waals surface area (Å²) in [6, 6.07) is 3.95. The van der Waals surface area contributed by atoms with Crippen molar-refractivity contribution in [1.82, 2.24) is 5.16 Å². The minimum atomic E-state index is -1.20. The van der Waals surface area contributed by atoms with E-state index in [4.69, 9.17) is 16.1 Å². The summed E-state index contributed by atoms with van der Waals surface area (Å²) in [4.78, 5) is 11.3. The predicted molar refractivity (Wildman–Crippen MR) is 68.0 cm³/mol. The van der Waals surface area contributed by atoms with Gasteiger partial charge in [-0.1, -0.05) is 30.6 Å². The maximum Gasteiger partial charge on any atom is 0.341 e. The molecule has 0 aliphatic rings. The Morgan fingerprint density at radius 3 is 2.68 bits per heavy atom. The van der Waals surface area contributed by atoms with E-state index in [2.05, 4.69) is 5.16 Å². The number of carbonyl (C=O) groups is 1. The molecule has 0 aliphatic carbocycles. The average Bonchev–Trinajstić information content (AvgIpc) is 2.73. The van der Waals surface area contributed by atoms with E-state index >= 15 is 0 Å². The Balaban J connectivity index is 2.66. The van der Waals surface area contributed by atoms with Gasteiger partial charge in [0.15, 0.2) is 5.76 Å². The zero-order valence-corrected chi connectivity index (χ0v) is 11.0. The zero-order valence-electron chi connectivity index (χ0n) is 10.3. The molecule has 0 fully saturated rings. The number of halogens is 2. The molecular weight excluding hydrogens is 273 g/mol. The van der Waals surface area contributed by atoms with Gasteiger partial charge in [0.2, 0.25) is 0 Å². The van der Waals surface area contributed by atoms with Crippen molar-refractivity contribution in [3.05, 3.63) is 40.4 Å². The topological polar surface area (TPSA) is 63.3 Å². The van der Waals surface area contributed by atoms with Crippen LogP contribution in [-0.4, -0.2) is 16.2 Å². The molecule has 0 spiro atoms. The number of carboxylic acid groups (broad SMARTS) is 1. The molecule has 2 aromatic rings. The van der Waals surface area contributed by atoms with Gasteiger partial charge in [-0.15, -0.1) is 0 Å². The quantitative estimate of drug-likeness (QED) is 0.926. The van der Waals surface area contributed by atoms with Crippen molar-refractivity contribution in [3.63, 3.8) is 0 Å². The summed E-state index contributed by atoms with van der Waals surface area (Å²) in [5.41, 5.74) is -0.0842. The summed E-state index contributed by atoms with van der Waals surface area (Å²) >= 11 is 5.66. The van der Waals surface area contributed by atoms with E-state index < -0.39 is 11.8 Å². The maximum atomic E-state index is 13.8. The van der Waals surface area contributed by atoms with Crippen molar-refractivity contribution >= 4 is 17.6 Å². The lowest BCUT2D eigenvalue weighted by Gasteiger charge is -2.03. The minimum Gasteiger partial charge on any atom is -0.477 e. The predicted octanol–water partition coefficient (Wildman–Crippen LogP) is 3.96. The molecule has 0 atom stereocenters. The van der Waals surface area contributed by atoms with E-state index in [1.165, 1.54) is 12.1 Å². The zero-order chi connectivity index (χ0) is 14.2. The highest BCUT2D eigenvalue weighted by atomic mass is 35.5. The van der Waals surface area contributed by atoms with Crippen LogP contribution in [0.5, 0.6) is 0 Å². The van der Waals surface area contributed by atoms with E-state index in [0.29, 0.717) is 0 Å². The normalized spacial score (nSPS) is 11.0. The van der Waals surface area contributed by atoms with Crippen LogP contribution in [0, 0.1) is 5.82 Å². The monoisotopic (exact) mass is 283 g/mol. The van der Waals surface area contributed by atoms with Gasteiger partial charge < -0.3 is 9.63 Å². The smallest absolute Gasteiger partial charge is 0.341 e. The molecule has 0 amide bonds. The van der Waals surface area contributed by atoms with Gasteiger partial charge in [0, 0.05) is 16.5 Å². The Bertz CT molecular complexity index is 637. The Labute approximate surface area is 113 Å². The molecule has 1 N–H and O–H groups in total. The summed E-state index contributed by atoms with van der Waals surface area (Å²) in [5.74, 6) is -1.78. The number of rotatable bonds is 3. The number of aromatic nitrogens is 1. The van der Waals surface area contributed by atoms with Crippen LogP contribution in [0.3, 0.4) is 0 Å². The van der Waals surface area contributed by atoms with Crippen LogP contribution in [0.2, 0.25) is 5.02 Å². The standard InChI is InChI=1S/C13H11ClFNO3/c1-6(2)12-10(13(17)18)11(16-19-12)8-4-3-7(14)5-9(8)15/h3-6H,1-2H3,(H,17,18). The van der Waals surface area contributed by atoms with E-state index in [-0.39, 0.29) is 33.5 Å². The minimum absolute atomic E-state index is 0.0228. The lowest BCUT2D eigenvalue weighted by molar-refractivity contribution is 0.0694. The third kappa shape index (κ3) is 2.46. The first-order valence-electron chi connectivity index (χ1n) is 5.60. The van der Waals surface area contributed by atoms with Crippen LogP contribution in [0.15, 0.2) is 22.7 Å². The van der Waals surface area contributed by atoms with Crippen molar-refractivity contribution in [2.24, 2.45) is 0 Å². The number of hydrogen-bond acceptors (Lipinski definition) is 3. The Morgan fingerprint density at radius 1 is 1.47 bits per heavy atom. The fourth-order valence-corrected chi connectivity index (χ4v) is 1.93. The van der Waals surface area contributed by atoms with Crippen molar-refractivity contribution in [1.29, 1.82) is 0 Å². The van der Waals surface area contributed by atoms with E-state index in [0.717, 1.165) is 6.07 Å². The number of benzene rings is 1. The molecule has 1 heterocycles. The first-order chi connectivity index (χ1) is 8.91. The van der Waals surface area contributed by atoms with Crippen LogP contribution in [0.25, 0.3) is 11.3 Å². The highest BCUT2D eigenvalue weighted by Gasteiger charge is 2.26. The second-order valence-corrected chi connectivity index (χ2v) is 4.79. The molecule has 2 rings (SSSR count). The summed E-state index contributed by atoms with van der Waals surface area (Å²) in [5, 5.41) is 13.2. The van der Waals surface area contributed by atoms with Crippen LogP contribution >= 0.6 is 11.6 Å². The van der Waals surface area contributed by atoms with Gasteiger partial charge in [0.25, 0.3) is 0 Å². The van der Waals surface area contributed by atoms with Crippen LogP contribution in [0.4, 0.5) is 4.39 Å². The molecule has 100 valence electrons. The van der Waals surface area contributed by atoms with Gasteiger partial charge in [-0.3, -0.25) is 0 Å². The number of carboxylic acids is 1. The van der Waals surface area contributed by atoms with E-state index in [1.807, 2.05) is 0 Å². The number of aromatic carboxylic acids is 1. The van der Waals surface area contributed by atoms with Crippen molar-refractivity contribution < 1.29 is 18.8 Å². The van der Waals surface area contributed by atoms with Gasteiger partial charge in [-0.05, 0) is 18.2 Å². The van der Waals surface area contributed by atoms with Crippen LogP contribution < -0.4 is 0 Å². The molecular formula is C13H11ClFNO3. The average molecular weight is 284 g/mol. The fourth-order valence-electron chi connectivity index (χ4n) is 1.77. The van der Waals surface area contributed by atoms with E-state index in [9.17, 15) is 14.3 Å². The maximum absolute atomic E-state index is 13.8. The van der Waals surface area contributed by atoms with E-state index in [1.54, 1.807) is 13.8 Å². The Morgan fingerprint density at radius 2 is 2.16 bits per heavy atom. The first-order valence-corrected chi connectivity index (χ1v) is 5.98. The lowest BCUT2D eigenvalue weighted by atomic mass is 10.0. The highest BCUT2D eigenvalue weighted by Crippen LogP contribution is 2.32. The second kappa shape index (κ2) is 5.01. The summed E-state index contributed by atoms with van der Waals surface area (Å²) in [7, 11) is 0. The number of hydrogen-bond donors (Lipinski definition) is 1. The van der Waals surface area contributed by atoms with Crippen molar-refractivity contribution in [3.8, 4) is 11.3 Å². The van der Waals surface area contributed by atoms with Crippen molar-refractivity contribution in [2.75, 3.05) is 0 Å². The van der Waals surface area contributed by atoms with Crippen LogP contribution in [-0.2, 0) is 0 Å². The van der Waals surface area contributed by atoms with Gasteiger partial charge >= 0.3 is 5.97 Å². The largest absolute Gasteiger partial charge is 0.477 e. The molecule has 4 nitrogen and oxygen atoms in total. The van der Waals surface area contributed by atoms with Gasteiger partial charge in [0.05, 0.1) is 0 Å². The first kappa shape index (κ1) is 13.5. The number of nitrogens with zero attached hydrogens (tertiary/aromatic N) is 1. The molecule has 6 heteroatoms.